The lowest BCUT2D eigenvalue weighted by Gasteiger charge is -2.14. The molecule has 0 atom stereocenters. The fraction of sp³-hybridized carbons (Fsp3) is 0.294. The molecule has 4 heteroatoms. The largest absolute Gasteiger partial charge is 0.490 e. The molecule has 0 radical (unpaired) electrons. The Morgan fingerprint density at radius 3 is 2.86 bits per heavy atom. The molecule has 0 spiro atoms. The topological polar surface area (TPSA) is 30.5 Å². The maximum atomic E-state index is 5.84. The van der Waals surface area contributed by atoms with Gasteiger partial charge < -0.3 is 14.8 Å². The second kappa shape index (κ2) is 6.39. The summed E-state index contributed by atoms with van der Waals surface area (Å²) in [5, 5.41) is 3.44. The second-order valence-electron chi connectivity index (χ2n) is 5.13. The smallest absolute Gasteiger partial charge is 0.166 e. The fourth-order valence-corrected chi connectivity index (χ4v) is 2.98. The molecule has 0 aliphatic carbocycles. The van der Waals surface area contributed by atoms with Gasteiger partial charge in [0.1, 0.15) is 0 Å². The molecule has 2 aromatic carbocycles. The average Bonchev–Trinajstić information content (AvgIpc) is 2.72. The number of para-hydroxylation sites is 1. The van der Waals surface area contributed by atoms with Crippen molar-refractivity contribution in [2.75, 3.05) is 18.5 Å². The number of fused-ring (bicyclic) bond motifs is 1. The highest BCUT2D eigenvalue weighted by atomic mass is 79.9. The Kier molecular flexibility index (Phi) is 4.34. The lowest BCUT2D eigenvalue weighted by molar-refractivity contribution is 0.296. The molecule has 0 saturated carbocycles. The monoisotopic (exact) mass is 347 g/mol. The van der Waals surface area contributed by atoms with E-state index in [1.54, 1.807) is 0 Å². The number of nitrogens with one attached hydrogen (secondary N) is 1. The second-order valence-corrected chi connectivity index (χ2v) is 5.99. The van der Waals surface area contributed by atoms with Crippen LogP contribution in [0.25, 0.3) is 0 Å². The van der Waals surface area contributed by atoms with E-state index in [1.165, 1.54) is 5.56 Å². The van der Waals surface area contributed by atoms with Gasteiger partial charge in [-0.2, -0.15) is 0 Å². The quantitative estimate of drug-likeness (QED) is 0.884. The van der Waals surface area contributed by atoms with Crippen molar-refractivity contribution in [2.24, 2.45) is 0 Å². The predicted molar refractivity (Wildman–Crippen MR) is 88.3 cm³/mol. The van der Waals surface area contributed by atoms with Crippen molar-refractivity contribution < 1.29 is 9.47 Å². The number of benzene rings is 2. The Hall–Kier alpha value is -1.68. The maximum Gasteiger partial charge on any atom is 0.166 e. The van der Waals surface area contributed by atoms with Gasteiger partial charge in [0.05, 0.1) is 13.2 Å². The van der Waals surface area contributed by atoms with Crippen LogP contribution in [0.5, 0.6) is 11.5 Å². The molecular weight excluding hydrogens is 330 g/mol. The van der Waals surface area contributed by atoms with E-state index >= 15 is 0 Å². The minimum atomic E-state index is 0.703. The number of anilines is 1. The average molecular weight is 348 g/mol. The summed E-state index contributed by atoms with van der Waals surface area (Å²) in [5.41, 5.74) is 3.42. The number of halogens is 1. The van der Waals surface area contributed by atoms with Crippen LogP contribution >= 0.6 is 15.9 Å². The molecule has 0 fully saturated rings. The number of ether oxygens (including phenoxy) is 2. The molecule has 1 aliphatic rings. The van der Waals surface area contributed by atoms with Crippen molar-refractivity contribution >= 4 is 21.6 Å². The van der Waals surface area contributed by atoms with E-state index in [-0.39, 0.29) is 0 Å². The van der Waals surface area contributed by atoms with Gasteiger partial charge in [0.2, 0.25) is 0 Å². The highest BCUT2D eigenvalue weighted by molar-refractivity contribution is 9.10. The van der Waals surface area contributed by atoms with Gasteiger partial charge in [-0.25, -0.2) is 0 Å². The molecule has 0 aromatic heterocycles. The minimum Gasteiger partial charge on any atom is -0.490 e. The van der Waals surface area contributed by atoms with Gasteiger partial charge >= 0.3 is 0 Å². The third-order valence-electron chi connectivity index (χ3n) is 3.45. The van der Waals surface area contributed by atoms with Gasteiger partial charge in [0.15, 0.2) is 11.5 Å². The molecule has 1 heterocycles. The molecule has 0 bridgehead atoms. The van der Waals surface area contributed by atoms with Crippen molar-refractivity contribution in [2.45, 2.75) is 19.9 Å². The molecular formula is C17H18BrNO2. The summed E-state index contributed by atoms with van der Waals surface area (Å²) in [6, 6.07) is 12.3. The number of rotatable bonds is 3. The van der Waals surface area contributed by atoms with Crippen LogP contribution in [0.15, 0.2) is 40.9 Å². The van der Waals surface area contributed by atoms with Crippen molar-refractivity contribution in [1.82, 2.24) is 0 Å². The van der Waals surface area contributed by atoms with Gasteiger partial charge in [-0.15, -0.1) is 0 Å². The number of hydrogen-bond acceptors (Lipinski definition) is 3. The van der Waals surface area contributed by atoms with E-state index in [0.717, 1.165) is 33.6 Å². The molecule has 0 unspecified atom stereocenters. The number of hydrogen-bond donors (Lipinski definition) is 1. The van der Waals surface area contributed by atoms with Gasteiger partial charge in [-0.3, -0.25) is 0 Å². The Balaban J connectivity index is 1.79. The normalized spacial score (nSPS) is 13.6. The van der Waals surface area contributed by atoms with E-state index in [9.17, 15) is 0 Å². The molecule has 1 aliphatic heterocycles. The first-order chi connectivity index (χ1) is 10.2. The van der Waals surface area contributed by atoms with E-state index in [1.807, 2.05) is 12.1 Å². The molecule has 3 rings (SSSR count). The summed E-state index contributed by atoms with van der Waals surface area (Å²) >= 11 is 3.59. The van der Waals surface area contributed by atoms with E-state index in [0.29, 0.717) is 19.8 Å². The zero-order chi connectivity index (χ0) is 14.7. The van der Waals surface area contributed by atoms with E-state index < -0.39 is 0 Å². The molecule has 110 valence electrons. The molecule has 2 aromatic rings. The standard InChI is InChI=1S/C17H18BrNO2/c1-12-6-7-15(14(18)10-12)19-11-13-4-2-5-16-17(13)21-9-3-8-20-16/h2,4-7,10,19H,3,8-9,11H2,1H3. The van der Waals surface area contributed by atoms with Gasteiger partial charge in [0, 0.05) is 28.7 Å². The summed E-state index contributed by atoms with van der Waals surface area (Å²) in [6.45, 7) is 4.20. The van der Waals surface area contributed by atoms with Crippen LogP contribution in [0, 0.1) is 6.92 Å². The Bertz CT molecular complexity index is 643. The third-order valence-corrected chi connectivity index (χ3v) is 4.10. The molecule has 0 saturated heterocycles. The molecule has 21 heavy (non-hydrogen) atoms. The van der Waals surface area contributed by atoms with Crippen LogP contribution in [0.3, 0.4) is 0 Å². The van der Waals surface area contributed by atoms with Gasteiger partial charge in [0.25, 0.3) is 0 Å². The van der Waals surface area contributed by atoms with Gasteiger partial charge in [-0.05, 0) is 46.6 Å². The first kappa shape index (κ1) is 14.3. The van der Waals surface area contributed by atoms with E-state index in [4.69, 9.17) is 9.47 Å². The Labute approximate surface area is 133 Å². The lowest BCUT2D eigenvalue weighted by atomic mass is 10.1. The van der Waals surface area contributed by atoms with Crippen molar-refractivity contribution in [3.63, 3.8) is 0 Å². The third kappa shape index (κ3) is 3.32. The zero-order valence-electron chi connectivity index (χ0n) is 12.0. The van der Waals surface area contributed by atoms with Crippen molar-refractivity contribution in [3.05, 3.63) is 52.0 Å². The summed E-state index contributed by atoms with van der Waals surface area (Å²) in [6.07, 6.45) is 0.922. The SMILES string of the molecule is Cc1ccc(NCc2cccc3c2OCCCO3)c(Br)c1. The summed E-state index contributed by atoms with van der Waals surface area (Å²) < 4.78 is 12.6. The summed E-state index contributed by atoms with van der Waals surface area (Å²) in [4.78, 5) is 0. The minimum absolute atomic E-state index is 0.703. The Morgan fingerprint density at radius 1 is 1.14 bits per heavy atom. The zero-order valence-corrected chi connectivity index (χ0v) is 13.6. The first-order valence-corrected chi connectivity index (χ1v) is 7.91. The van der Waals surface area contributed by atoms with Crippen LogP contribution < -0.4 is 14.8 Å². The number of aryl methyl sites for hydroxylation is 1. The van der Waals surface area contributed by atoms with Crippen molar-refractivity contribution in [3.8, 4) is 11.5 Å². The van der Waals surface area contributed by atoms with Crippen LogP contribution in [-0.4, -0.2) is 13.2 Å². The first-order valence-electron chi connectivity index (χ1n) is 7.11. The molecule has 3 nitrogen and oxygen atoms in total. The van der Waals surface area contributed by atoms with Crippen LogP contribution in [-0.2, 0) is 6.54 Å². The van der Waals surface area contributed by atoms with Crippen LogP contribution in [0.4, 0.5) is 5.69 Å². The predicted octanol–water partition coefficient (Wildman–Crippen LogP) is 4.53. The van der Waals surface area contributed by atoms with Gasteiger partial charge in [-0.1, -0.05) is 18.2 Å². The lowest BCUT2D eigenvalue weighted by Crippen LogP contribution is -2.04. The maximum absolute atomic E-state index is 5.84. The Morgan fingerprint density at radius 2 is 2.00 bits per heavy atom. The fourth-order valence-electron chi connectivity index (χ4n) is 2.35. The molecule has 0 amide bonds. The summed E-state index contributed by atoms with van der Waals surface area (Å²) in [5.74, 6) is 1.71. The highest BCUT2D eigenvalue weighted by Gasteiger charge is 2.14. The highest BCUT2D eigenvalue weighted by Crippen LogP contribution is 2.34. The van der Waals surface area contributed by atoms with E-state index in [2.05, 4.69) is 52.4 Å². The van der Waals surface area contributed by atoms with Crippen LogP contribution in [0.2, 0.25) is 0 Å². The molecule has 1 N–H and O–H groups in total. The van der Waals surface area contributed by atoms with Crippen LogP contribution in [0.1, 0.15) is 17.5 Å². The van der Waals surface area contributed by atoms with Crippen molar-refractivity contribution in [1.29, 1.82) is 0 Å². The summed E-state index contributed by atoms with van der Waals surface area (Å²) in [7, 11) is 0.